The second kappa shape index (κ2) is 9.00. The second-order valence-corrected chi connectivity index (χ2v) is 8.93. The molecular weight excluding hydrogens is 440 g/mol. The van der Waals surface area contributed by atoms with Gasteiger partial charge >= 0.3 is 6.09 Å². The summed E-state index contributed by atoms with van der Waals surface area (Å²) < 4.78 is 14.7. The van der Waals surface area contributed by atoms with Gasteiger partial charge in [-0.25, -0.2) is 9.48 Å². The first kappa shape index (κ1) is 21.6. The van der Waals surface area contributed by atoms with Crippen molar-refractivity contribution in [3.8, 4) is 0 Å². The number of cyclic esters (lactones) is 1. The Morgan fingerprint density at radius 3 is 2.03 bits per heavy atom. The Morgan fingerprint density at radius 2 is 1.46 bits per heavy atom. The number of amides is 1. The Balaban J connectivity index is 1.39. The van der Waals surface area contributed by atoms with Crippen molar-refractivity contribution >= 4 is 6.09 Å². The zero-order chi connectivity index (χ0) is 23.7. The standard InChI is InChI=1S/C28H26N4O3/c33-27-31-17-16-24-18-29-30-32(24)19-25(31)26(35-27)20-34-28(21-10-4-1-5-11-21,22-12-6-2-7-13-22)23-14-8-3-9-15-23/h1-15,18,25-26H,16-17,19-20H2/t25-,26-/m1/s1. The van der Waals surface area contributed by atoms with Gasteiger partial charge in [0.15, 0.2) is 0 Å². The summed E-state index contributed by atoms with van der Waals surface area (Å²) in [6, 6.07) is 30.5. The van der Waals surface area contributed by atoms with E-state index in [1.165, 1.54) is 0 Å². The minimum atomic E-state index is -0.868. The Morgan fingerprint density at radius 1 is 0.886 bits per heavy atom. The van der Waals surface area contributed by atoms with E-state index >= 15 is 0 Å². The van der Waals surface area contributed by atoms with Crippen molar-refractivity contribution in [2.24, 2.45) is 0 Å². The third-order valence-electron chi connectivity index (χ3n) is 6.99. The van der Waals surface area contributed by atoms with Crippen molar-refractivity contribution in [2.75, 3.05) is 13.2 Å². The van der Waals surface area contributed by atoms with Crippen LogP contribution in [0, 0.1) is 0 Å². The van der Waals surface area contributed by atoms with Crippen molar-refractivity contribution in [1.29, 1.82) is 0 Å². The highest BCUT2D eigenvalue weighted by atomic mass is 16.6. The van der Waals surface area contributed by atoms with Gasteiger partial charge in [0, 0.05) is 13.0 Å². The van der Waals surface area contributed by atoms with Crippen LogP contribution in [0.5, 0.6) is 0 Å². The first-order valence-corrected chi connectivity index (χ1v) is 11.9. The molecule has 1 fully saturated rings. The van der Waals surface area contributed by atoms with Gasteiger partial charge in [0.25, 0.3) is 0 Å². The molecule has 2 atom stereocenters. The number of ether oxygens (including phenoxy) is 2. The van der Waals surface area contributed by atoms with E-state index in [-0.39, 0.29) is 18.7 Å². The molecule has 176 valence electrons. The summed E-state index contributed by atoms with van der Waals surface area (Å²) in [7, 11) is 0. The number of hydrogen-bond acceptors (Lipinski definition) is 5. The summed E-state index contributed by atoms with van der Waals surface area (Å²) in [5, 5.41) is 8.27. The van der Waals surface area contributed by atoms with Gasteiger partial charge in [0.1, 0.15) is 11.7 Å². The molecule has 7 nitrogen and oxygen atoms in total. The van der Waals surface area contributed by atoms with Crippen molar-refractivity contribution in [3.05, 3.63) is 120 Å². The highest BCUT2D eigenvalue weighted by Gasteiger charge is 2.46. The fourth-order valence-electron chi connectivity index (χ4n) is 5.24. The predicted octanol–water partition coefficient (Wildman–Crippen LogP) is 4.03. The summed E-state index contributed by atoms with van der Waals surface area (Å²) in [6.45, 7) is 1.34. The number of fused-ring (bicyclic) bond motifs is 2. The number of hydrogen-bond donors (Lipinski definition) is 0. The van der Waals surface area contributed by atoms with E-state index in [0.29, 0.717) is 19.5 Å². The molecule has 1 amide bonds. The lowest BCUT2D eigenvalue weighted by Crippen LogP contribution is -2.43. The van der Waals surface area contributed by atoms with E-state index in [4.69, 9.17) is 9.47 Å². The van der Waals surface area contributed by atoms with Crippen LogP contribution in [0.4, 0.5) is 4.79 Å². The molecule has 0 unspecified atom stereocenters. The van der Waals surface area contributed by atoms with Gasteiger partial charge in [0.2, 0.25) is 0 Å². The lowest BCUT2D eigenvalue weighted by Gasteiger charge is -2.37. The van der Waals surface area contributed by atoms with Crippen LogP contribution in [0.3, 0.4) is 0 Å². The van der Waals surface area contributed by atoms with Crippen LogP contribution < -0.4 is 0 Å². The molecular formula is C28H26N4O3. The van der Waals surface area contributed by atoms with Crippen molar-refractivity contribution in [2.45, 2.75) is 30.7 Å². The molecule has 4 aromatic rings. The van der Waals surface area contributed by atoms with Gasteiger partial charge < -0.3 is 9.47 Å². The van der Waals surface area contributed by atoms with Crippen LogP contribution >= 0.6 is 0 Å². The smallest absolute Gasteiger partial charge is 0.410 e. The lowest BCUT2D eigenvalue weighted by atomic mass is 9.80. The molecule has 6 rings (SSSR count). The van der Waals surface area contributed by atoms with Gasteiger partial charge in [-0.15, -0.1) is 5.10 Å². The number of nitrogens with zero attached hydrogens (tertiary/aromatic N) is 4. The minimum Gasteiger partial charge on any atom is -0.441 e. The van der Waals surface area contributed by atoms with Gasteiger partial charge in [-0.1, -0.05) is 96.2 Å². The van der Waals surface area contributed by atoms with E-state index in [2.05, 4.69) is 46.7 Å². The number of carbonyl (C=O) groups is 1. The average molecular weight is 467 g/mol. The van der Waals surface area contributed by atoms with Gasteiger partial charge in [0.05, 0.1) is 31.1 Å². The highest BCUT2D eigenvalue weighted by Crippen LogP contribution is 2.41. The Kier molecular flexibility index (Phi) is 5.54. The molecule has 7 heteroatoms. The topological polar surface area (TPSA) is 69.5 Å². The molecule has 0 spiro atoms. The van der Waals surface area contributed by atoms with Crippen molar-refractivity contribution < 1.29 is 14.3 Å². The third kappa shape index (κ3) is 3.78. The third-order valence-corrected chi connectivity index (χ3v) is 6.99. The Bertz CT molecular complexity index is 1200. The number of carbonyl (C=O) groups excluding carboxylic acids is 1. The van der Waals surface area contributed by atoms with Crippen molar-refractivity contribution in [1.82, 2.24) is 19.9 Å². The van der Waals surface area contributed by atoms with E-state index in [0.717, 1.165) is 22.4 Å². The van der Waals surface area contributed by atoms with E-state index in [1.54, 1.807) is 11.1 Å². The molecule has 3 heterocycles. The van der Waals surface area contributed by atoms with Crippen LogP contribution in [0.2, 0.25) is 0 Å². The Hall–Kier alpha value is -3.97. The lowest BCUT2D eigenvalue weighted by molar-refractivity contribution is -0.0388. The van der Waals surface area contributed by atoms with Gasteiger partial charge in [-0.3, -0.25) is 4.90 Å². The molecule has 0 bridgehead atoms. The normalized spacial score (nSPS) is 19.5. The maximum Gasteiger partial charge on any atom is 0.410 e. The fraction of sp³-hybridized carbons (Fsp3) is 0.250. The quantitative estimate of drug-likeness (QED) is 0.401. The Labute approximate surface area is 203 Å². The zero-order valence-corrected chi connectivity index (χ0v) is 19.2. The van der Waals surface area contributed by atoms with Crippen LogP contribution in [-0.2, 0) is 28.0 Å². The summed E-state index contributed by atoms with van der Waals surface area (Å²) in [4.78, 5) is 14.6. The highest BCUT2D eigenvalue weighted by molar-refractivity contribution is 5.70. The molecule has 1 saturated heterocycles. The second-order valence-electron chi connectivity index (χ2n) is 8.93. The zero-order valence-electron chi connectivity index (χ0n) is 19.2. The molecule has 3 aromatic carbocycles. The molecule has 0 N–H and O–H groups in total. The van der Waals surface area contributed by atoms with Crippen LogP contribution in [-0.4, -0.2) is 51.3 Å². The minimum absolute atomic E-state index is 0.175. The molecule has 0 radical (unpaired) electrons. The molecule has 2 aliphatic heterocycles. The number of rotatable bonds is 6. The van der Waals surface area contributed by atoms with E-state index < -0.39 is 11.7 Å². The van der Waals surface area contributed by atoms with Crippen LogP contribution in [0.1, 0.15) is 22.4 Å². The van der Waals surface area contributed by atoms with Gasteiger partial charge in [-0.2, -0.15) is 0 Å². The predicted molar refractivity (Wildman–Crippen MR) is 130 cm³/mol. The average Bonchev–Trinajstić information content (AvgIpc) is 3.43. The molecule has 35 heavy (non-hydrogen) atoms. The summed E-state index contributed by atoms with van der Waals surface area (Å²) in [5.74, 6) is 0. The number of aromatic nitrogens is 3. The fourth-order valence-corrected chi connectivity index (χ4v) is 5.24. The van der Waals surface area contributed by atoms with Crippen LogP contribution in [0.25, 0.3) is 0 Å². The molecule has 2 aliphatic rings. The first-order chi connectivity index (χ1) is 17.3. The summed E-state index contributed by atoms with van der Waals surface area (Å²) in [5.41, 5.74) is 3.19. The van der Waals surface area contributed by atoms with Crippen LogP contribution in [0.15, 0.2) is 97.2 Å². The molecule has 0 aliphatic carbocycles. The number of benzene rings is 3. The van der Waals surface area contributed by atoms with Gasteiger partial charge in [-0.05, 0) is 16.7 Å². The maximum absolute atomic E-state index is 12.8. The first-order valence-electron chi connectivity index (χ1n) is 11.9. The maximum atomic E-state index is 12.8. The van der Waals surface area contributed by atoms with E-state index in [1.807, 2.05) is 59.3 Å². The largest absolute Gasteiger partial charge is 0.441 e. The van der Waals surface area contributed by atoms with Crippen molar-refractivity contribution in [3.63, 3.8) is 0 Å². The molecule has 1 aromatic heterocycles. The SMILES string of the molecule is O=C1O[C@H](COC(c2ccccc2)(c2ccccc2)c2ccccc2)[C@H]2Cn3nncc3CCN12. The monoisotopic (exact) mass is 466 g/mol. The van der Waals surface area contributed by atoms with E-state index in [9.17, 15) is 4.79 Å². The summed E-state index contributed by atoms with van der Waals surface area (Å²) >= 11 is 0. The summed E-state index contributed by atoms with van der Waals surface area (Å²) in [6.07, 6.45) is 1.73. The molecule has 0 saturated carbocycles.